The largest absolute Gasteiger partial charge is 0.354 e. The molecular weight excluding hydrogens is 248 g/mol. The number of carbonyl (C=O) groups is 2. The Bertz CT molecular complexity index is 376. The molecule has 18 heavy (non-hydrogen) atoms. The molecule has 0 aliphatic rings. The highest BCUT2D eigenvalue weighted by molar-refractivity contribution is 7.12. The first-order valence-electron chi connectivity index (χ1n) is 6.27. The van der Waals surface area contributed by atoms with Gasteiger partial charge in [0.25, 0.3) is 5.91 Å². The van der Waals surface area contributed by atoms with Crippen LogP contribution >= 0.6 is 11.3 Å². The van der Waals surface area contributed by atoms with Gasteiger partial charge in [-0.05, 0) is 24.8 Å². The van der Waals surface area contributed by atoms with Gasteiger partial charge in [0.05, 0.1) is 4.88 Å². The second-order valence-electron chi connectivity index (χ2n) is 4.17. The van der Waals surface area contributed by atoms with Crippen LogP contribution in [0.5, 0.6) is 0 Å². The predicted octanol–water partition coefficient (Wildman–Crippen LogP) is 2.17. The van der Waals surface area contributed by atoms with Crippen molar-refractivity contribution in [2.24, 2.45) is 0 Å². The first-order valence-corrected chi connectivity index (χ1v) is 7.15. The molecule has 0 bridgehead atoms. The Balaban J connectivity index is 2.29. The topological polar surface area (TPSA) is 58.2 Å². The van der Waals surface area contributed by atoms with Gasteiger partial charge in [-0.25, -0.2) is 0 Å². The molecule has 4 nitrogen and oxygen atoms in total. The van der Waals surface area contributed by atoms with Crippen LogP contribution in [-0.2, 0) is 4.79 Å². The molecule has 0 saturated heterocycles. The van der Waals surface area contributed by atoms with Gasteiger partial charge in [-0.2, -0.15) is 0 Å². The number of carbonyl (C=O) groups excluding carboxylic acids is 2. The van der Waals surface area contributed by atoms with Crippen LogP contribution in [0.4, 0.5) is 0 Å². The van der Waals surface area contributed by atoms with E-state index in [1.807, 2.05) is 11.4 Å². The van der Waals surface area contributed by atoms with Crippen LogP contribution in [0.15, 0.2) is 17.5 Å². The first-order chi connectivity index (χ1) is 8.65. The molecule has 1 atom stereocenters. The van der Waals surface area contributed by atoms with E-state index in [-0.39, 0.29) is 11.8 Å². The Morgan fingerprint density at radius 3 is 2.78 bits per heavy atom. The minimum absolute atomic E-state index is 0.129. The van der Waals surface area contributed by atoms with Gasteiger partial charge in [0.1, 0.15) is 6.04 Å². The summed E-state index contributed by atoms with van der Waals surface area (Å²) in [7, 11) is 0. The van der Waals surface area contributed by atoms with Crippen molar-refractivity contribution >= 4 is 23.2 Å². The Kier molecular flexibility index (Phi) is 6.43. The lowest BCUT2D eigenvalue weighted by molar-refractivity contribution is -0.122. The lowest BCUT2D eigenvalue weighted by Gasteiger charge is -2.13. The third-order valence-electron chi connectivity index (χ3n) is 2.57. The third kappa shape index (κ3) is 4.87. The lowest BCUT2D eigenvalue weighted by Crippen LogP contribution is -2.44. The molecule has 0 aromatic carbocycles. The number of unbranched alkanes of at least 4 members (excludes halogenated alkanes) is 2. The number of amides is 2. The molecule has 1 heterocycles. The summed E-state index contributed by atoms with van der Waals surface area (Å²) in [5, 5.41) is 7.34. The summed E-state index contributed by atoms with van der Waals surface area (Å²) in [6, 6.07) is 3.06. The van der Waals surface area contributed by atoms with E-state index in [0.29, 0.717) is 11.4 Å². The van der Waals surface area contributed by atoms with Crippen molar-refractivity contribution in [3.05, 3.63) is 22.4 Å². The van der Waals surface area contributed by atoms with E-state index in [9.17, 15) is 9.59 Å². The summed E-state index contributed by atoms with van der Waals surface area (Å²) in [6.45, 7) is 4.48. The molecular formula is C13H20N2O2S. The zero-order valence-corrected chi connectivity index (χ0v) is 11.7. The van der Waals surface area contributed by atoms with Crippen molar-refractivity contribution in [3.63, 3.8) is 0 Å². The molecule has 2 N–H and O–H groups in total. The van der Waals surface area contributed by atoms with Crippen LogP contribution < -0.4 is 10.6 Å². The van der Waals surface area contributed by atoms with Crippen LogP contribution in [0.1, 0.15) is 42.8 Å². The highest BCUT2D eigenvalue weighted by Crippen LogP contribution is 2.08. The Hall–Kier alpha value is -1.36. The van der Waals surface area contributed by atoms with Crippen LogP contribution in [0.25, 0.3) is 0 Å². The highest BCUT2D eigenvalue weighted by atomic mass is 32.1. The lowest BCUT2D eigenvalue weighted by atomic mass is 10.2. The first kappa shape index (κ1) is 14.7. The molecule has 1 aromatic rings. The van der Waals surface area contributed by atoms with Crippen molar-refractivity contribution in [2.75, 3.05) is 6.54 Å². The van der Waals surface area contributed by atoms with Gasteiger partial charge < -0.3 is 10.6 Å². The third-order valence-corrected chi connectivity index (χ3v) is 3.43. The molecule has 0 saturated carbocycles. The number of hydrogen-bond acceptors (Lipinski definition) is 3. The molecule has 1 unspecified atom stereocenters. The minimum atomic E-state index is -0.499. The van der Waals surface area contributed by atoms with Crippen LogP contribution in [0.2, 0.25) is 0 Å². The predicted molar refractivity (Wildman–Crippen MR) is 73.8 cm³/mol. The molecule has 1 aromatic heterocycles. The Labute approximate surface area is 112 Å². The van der Waals surface area contributed by atoms with Gasteiger partial charge in [-0.3, -0.25) is 9.59 Å². The van der Waals surface area contributed by atoms with E-state index in [1.54, 1.807) is 13.0 Å². The maximum Gasteiger partial charge on any atom is 0.261 e. The van der Waals surface area contributed by atoms with Crippen LogP contribution in [-0.4, -0.2) is 24.4 Å². The molecule has 0 radical (unpaired) electrons. The fourth-order valence-electron chi connectivity index (χ4n) is 1.48. The SMILES string of the molecule is CCCCCNC(=O)C(C)NC(=O)c1cccs1. The summed E-state index contributed by atoms with van der Waals surface area (Å²) in [5.74, 6) is -0.322. The molecule has 0 fully saturated rings. The summed E-state index contributed by atoms with van der Waals surface area (Å²) < 4.78 is 0. The maximum atomic E-state index is 11.7. The summed E-state index contributed by atoms with van der Waals surface area (Å²) >= 11 is 1.37. The van der Waals surface area contributed by atoms with E-state index in [0.717, 1.165) is 19.3 Å². The van der Waals surface area contributed by atoms with E-state index in [1.165, 1.54) is 11.3 Å². The zero-order valence-electron chi connectivity index (χ0n) is 10.9. The highest BCUT2D eigenvalue weighted by Gasteiger charge is 2.16. The number of nitrogens with one attached hydrogen (secondary N) is 2. The van der Waals surface area contributed by atoms with Crippen molar-refractivity contribution < 1.29 is 9.59 Å². The van der Waals surface area contributed by atoms with Crippen molar-refractivity contribution in [1.82, 2.24) is 10.6 Å². The van der Waals surface area contributed by atoms with Crippen molar-refractivity contribution in [3.8, 4) is 0 Å². The van der Waals surface area contributed by atoms with Crippen molar-refractivity contribution in [2.45, 2.75) is 39.2 Å². The second-order valence-corrected chi connectivity index (χ2v) is 5.12. The normalized spacial score (nSPS) is 11.9. The van der Waals surface area contributed by atoms with E-state index in [2.05, 4.69) is 17.6 Å². The quantitative estimate of drug-likeness (QED) is 0.745. The minimum Gasteiger partial charge on any atom is -0.354 e. The molecule has 2 amide bonds. The average Bonchev–Trinajstić information content (AvgIpc) is 2.88. The average molecular weight is 268 g/mol. The van der Waals surface area contributed by atoms with Gasteiger partial charge >= 0.3 is 0 Å². The molecule has 1 rings (SSSR count). The van der Waals surface area contributed by atoms with E-state index in [4.69, 9.17) is 0 Å². The van der Waals surface area contributed by atoms with Gasteiger partial charge in [-0.1, -0.05) is 25.8 Å². The molecule has 0 spiro atoms. The Morgan fingerprint density at radius 1 is 1.39 bits per heavy atom. The van der Waals surface area contributed by atoms with Gasteiger partial charge in [0.2, 0.25) is 5.91 Å². The van der Waals surface area contributed by atoms with E-state index < -0.39 is 6.04 Å². The number of thiophene rings is 1. The second kappa shape index (κ2) is 7.87. The molecule has 0 aliphatic heterocycles. The van der Waals surface area contributed by atoms with Crippen LogP contribution in [0.3, 0.4) is 0 Å². The molecule has 100 valence electrons. The monoisotopic (exact) mass is 268 g/mol. The van der Waals surface area contributed by atoms with E-state index >= 15 is 0 Å². The maximum absolute atomic E-state index is 11.7. The molecule has 5 heteroatoms. The number of hydrogen-bond donors (Lipinski definition) is 2. The van der Waals surface area contributed by atoms with Gasteiger partial charge in [0.15, 0.2) is 0 Å². The summed E-state index contributed by atoms with van der Waals surface area (Å²) in [4.78, 5) is 24.0. The summed E-state index contributed by atoms with van der Waals surface area (Å²) in [6.07, 6.45) is 3.21. The number of rotatable bonds is 7. The fraction of sp³-hybridized carbons (Fsp3) is 0.538. The van der Waals surface area contributed by atoms with Crippen LogP contribution in [0, 0.1) is 0 Å². The molecule has 0 aliphatic carbocycles. The van der Waals surface area contributed by atoms with Crippen molar-refractivity contribution in [1.29, 1.82) is 0 Å². The Morgan fingerprint density at radius 2 is 2.17 bits per heavy atom. The fourth-order valence-corrected chi connectivity index (χ4v) is 2.11. The summed E-state index contributed by atoms with van der Waals surface area (Å²) in [5.41, 5.74) is 0. The van der Waals surface area contributed by atoms with Gasteiger partial charge in [-0.15, -0.1) is 11.3 Å². The standard InChI is InChI=1S/C13H20N2O2S/c1-3-4-5-8-14-12(16)10(2)15-13(17)11-7-6-9-18-11/h6-7,9-10H,3-5,8H2,1-2H3,(H,14,16)(H,15,17). The smallest absolute Gasteiger partial charge is 0.261 e. The zero-order chi connectivity index (χ0) is 13.4. The van der Waals surface area contributed by atoms with Gasteiger partial charge in [0, 0.05) is 6.54 Å².